The lowest BCUT2D eigenvalue weighted by atomic mass is 10.2. The summed E-state index contributed by atoms with van der Waals surface area (Å²) in [6.45, 7) is 0.320. The van der Waals surface area contributed by atoms with Crippen molar-refractivity contribution in [1.82, 2.24) is 24.5 Å². The van der Waals surface area contributed by atoms with Crippen molar-refractivity contribution in [3.8, 4) is 0 Å². The van der Waals surface area contributed by atoms with Gasteiger partial charge in [0, 0.05) is 11.2 Å². The minimum atomic E-state index is -1.10. The molecule has 1 amide bonds. The molecule has 0 radical (unpaired) electrons. The molecule has 0 aliphatic carbocycles. The summed E-state index contributed by atoms with van der Waals surface area (Å²) in [5.41, 5.74) is 0.963. The van der Waals surface area contributed by atoms with Crippen LogP contribution >= 0.6 is 11.6 Å². The van der Waals surface area contributed by atoms with Crippen LogP contribution in [-0.4, -0.2) is 41.5 Å². The van der Waals surface area contributed by atoms with Crippen molar-refractivity contribution in [3.63, 3.8) is 0 Å². The number of carbonyl (C=O) groups excluding carboxylic acids is 1. The largest absolute Gasteiger partial charge is 0.478 e. The Balaban J connectivity index is 1.58. The number of hydrogen-bond acceptors (Lipinski definition) is 5. The smallest absolute Gasteiger partial charge is 0.338 e. The predicted molar refractivity (Wildman–Crippen MR) is 88.4 cm³/mol. The molecule has 0 fully saturated rings. The van der Waals surface area contributed by atoms with E-state index in [9.17, 15) is 9.59 Å². The third kappa shape index (κ3) is 4.42. The zero-order valence-electron chi connectivity index (χ0n) is 12.8. The van der Waals surface area contributed by atoms with Gasteiger partial charge in [0.25, 0.3) is 0 Å². The molecule has 0 saturated carbocycles. The highest BCUT2D eigenvalue weighted by Gasteiger charge is 2.11. The van der Waals surface area contributed by atoms with Crippen LogP contribution in [0.25, 0.3) is 0 Å². The van der Waals surface area contributed by atoms with E-state index < -0.39 is 11.9 Å². The Hall–Kier alpha value is -3.20. The molecule has 128 valence electrons. The van der Waals surface area contributed by atoms with Crippen LogP contribution in [-0.2, 0) is 17.9 Å². The van der Waals surface area contributed by atoms with E-state index in [1.54, 1.807) is 10.7 Å². The first kappa shape index (κ1) is 16.7. The van der Waals surface area contributed by atoms with Crippen LogP contribution in [0.4, 0.5) is 5.95 Å². The number of hydrogen-bond donors (Lipinski definition) is 2. The molecular formula is C15H13ClN6O3. The zero-order valence-corrected chi connectivity index (χ0v) is 13.6. The summed E-state index contributed by atoms with van der Waals surface area (Å²) in [6, 6.07) is 7.35. The maximum atomic E-state index is 11.9. The topological polar surface area (TPSA) is 115 Å². The maximum Gasteiger partial charge on any atom is 0.338 e. The molecule has 1 aromatic carbocycles. The molecule has 2 N–H and O–H groups in total. The van der Waals surface area contributed by atoms with E-state index >= 15 is 0 Å². The standard InChI is InChI=1S/C15H13ClN6O3/c16-12-3-1-2-10(4-12)6-22-9-17-15(20-22)19-13(23)8-21-7-11(5-18-21)14(24)25/h1-5,7,9H,6,8H2,(H,24,25)(H,19,20,23). The van der Waals surface area contributed by atoms with Gasteiger partial charge in [0.15, 0.2) is 0 Å². The number of carboxylic acids is 1. The van der Waals surface area contributed by atoms with Crippen molar-refractivity contribution in [3.05, 3.63) is 59.1 Å². The quantitative estimate of drug-likeness (QED) is 0.688. The molecule has 0 aliphatic rings. The van der Waals surface area contributed by atoms with E-state index in [-0.39, 0.29) is 18.1 Å². The molecule has 25 heavy (non-hydrogen) atoms. The van der Waals surface area contributed by atoms with Crippen LogP contribution in [0.1, 0.15) is 15.9 Å². The van der Waals surface area contributed by atoms with Gasteiger partial charge < -0.3 is 5.11 Å². The van der Waals surface area contributed by atoms with Crippen molar-refractivity contribution in [2.45, 2.75) is 13.1 Å². The van der Waals surface area contributed by atoms with Crippen molar-refractivity contribution in [2.24, 2.45) is 0 Å². The van der Waals surface area contributed by atoms with Crippen LogP contribution in [0.5, 0.6) is 0 Å². The van der Waals surface area contributed by atoms with E-state index in [1.165, 1.54) is 23.4 Å². The third-order valence-electron chi connectivity index (χ3n) is 3.21. The van der Waals surface area contributed by atoms with Gasteiger partial charge in [-0.3, -0.25) is 14.8 Å². The van der Waals surface area contributed by atoms with E-state index in [1.807, 2.05) is 18.2 Å². The number of amides is 1. The molecule has 0 spiro atoms. The second-order valence-corrected chi connectivity index (χ2v) is 5.61. The fourth-order valence-corrected chi connectivity index (χ4v) is 2.34. The first-order chi connectivity index (χ1) is 12.0. The Labute approximate surface area is 146 Å². The summed E-state index contributed by atoms with van der Waals surface area (Å²) in [4.78, 5) is 26.7. The number of nitrogens with one attached hydrogen (secondary N) is 1. The Morgan fingerprint density at radius 2 is 2.12 bits per heavy atom. The second kappa shape index (κ2) is 7.14. The Kier molecular flexibility index (Phi) is 4.75. The highest BCUT2D eigenvalue weighted by Crippen LogP contribution is 2.11. The van der Waals surface area contributed by atoms with Gasteiger partial charge in [-0.05, 0) is 17.7 Å². The van der Waals surface area contributed by atoms with Crippen molar-refractivity contribution >= 4 is 29.4 Å². The molecule has 10 heteroatoms. The minimum absolute atomic E-state index is 0.0109. The van der Waals surface area contributed by atoms with Crippen LogP contribution in [0, 0.1) is 0 Å². The molecule has 0 saturated heterocycles. The summed E-state index contributed by atoms with van der Waals surface area (Å²) in [6.07, 6.45) is 3.94. The van der Waals surface area contributed by atoms with Crippen LogP contribution < -0.4 is 5.32 Å². The number of aromatic nitrogens is 5. The van der Waals surface area contributed by atoms with Gasteiger partial charge >= 0.3 is 5.97 Å². The number of anilines is 1. The van der Waals surface area contributed by atoms with Gasteiger partial charge in [-0.25, -0.2) is 14.5 Å². The monoisotopic (exact) mass is 360 g/mol. The van der Waals surface area contributed by atoms with Gasteiger partial charge in [-0.15, -0.1) is 5.10 Å². The summed E-state index contributed by atoms with van der Waals surface area (Å²) in [5, 5.41) is 19.9. The maximum absolute atomic E-state index is 11.9. The molecule has 3 aromatic rings. The lowest BCUT2D eigenvalue weighted by Crippen LogP contribution is -2.20. The Morgan fingerprint density at radius 1 is 1.28 bits per heavy atom. The number of carbonyl (C=O) groups is 2. The number of rotatable bonds is 6. The number of benzene rings is 1. The zero-order chi connectivity index (χ0) is 17.8. The van der Waals surface area contributed by atoms with Gasteiger partial charge in [-0.2, -0.15) is 5.10 Å². The van der Waals surface area contributed by atoms with Gasteiger partial charge in [0.1, 0.15) is 12.9 Å². The average molecular weight is 361 g/mol. The first-order valence-corrected chi connectivity index (χ1v) is 7.57. The van der Waals surface area contributed by atoms with Gasteiger partial charge in [-0.1, -0.05) is 23.7 Å². The highest BCUT2D eigenvalue weighted by molar-refractivity contribution is 6.30. The number of carboxylic acid groups (broad SMARTS) is 1. The minimum Gasteiger partial charge on any atom is -0.478 e. The molecule has 0 aliphatic heterocycles. The van der Waals surface area contributed by atoms with E-state index in [4.69, 9.17) is 16.7 Å². The molecule has 0 bridgehead atoms. The Bertz CT molecular complexity index is 919. The van der Waals surface area contributed by atoms with Crippen molar-refractivity contribution in [2.75, 3.05) is 5.32 Å². The summed E-state index contributed by atoms with van der Waals surface area (Å²) in [5.74, 6) is -1.37. The lowest BCUT2D eigenvalue weighted by Gasteiger charge is -2.02. The molecule has 2 heterocycles. The molecule has 3 rings (SSSR count). The van der Waals surface area contributed by atoms with Crippen molar-refractivity contribution < 1.29 is 14.7 Å². The molecule has 9 nitrogen and oxygen atoms in total. The lowest BCUT2D eigenvalue weighted by molar-refractivity contribution is -0.117. The Morgan fingerprint density at radius 3 is 2.84 bits per heavy atom. The fraction of sp³-hybridized carbons (Fsp3) is 0.133. The van der Waals surface area contributed by atoms with Crippen LogP contribution in [0.2, 0.25) is 5.02 Å². The van der Waals surface area contributed by atoms with Crippen LogP contribution in [0.15, 0.2) is 43.0 Å². The summed E-state index contributed by atoms with van der Waals surface area (Å²) >= 11 is 5.94. The fourth-order valence-electron chi connectivity index (χ4n) is 2.12. The molecule has 0 unspecified atom stereocenters. The van der Waals surface area contributed by atoms with Gasteiger partial charge in [0.2, 0.25) is 11.9 Å². The summed E-state index contributed by atoms with van der Waals surface area (Å²) < 4.78 is 2.79. The predicted octanol–water partition coefficient (Wildman–Crippen LogP) is 1.51. The van der Waals surface area contributed by atoms with Crippen molar-refractivity contribution in [1.29, 1.82) is 0 Å². The average Bonchev–Trinajstić information content (AvgIpc) is 3.17. The van der Waals surface area contributed by atoms with E-state index in [2.05, 4.69) is 20.5 Å². The van der Waals surface area contributed by atoms with Crippen LogP contribution in [0.3, 0.4) is 0 Å². The third-order valence-corrected chi connectivity index (χ3v) is 3.44. The highest BCUT2D eigenvalue weighted by atomic mass is 35.5. The number of nitrogens with zero attached hydrogens (tertiary/aromatic N) is 5. The molecule has 0 atom stereocenters. The molecule has 2 aromatic heterocycles. The summed E-state index contributed by atoms with van der Waals surface area (Å²) in [7, 11) is 0. The molecular weight excluding hydrogens is 348 g/mol. The number of aromatic carboxylic acids is 1. The van der Waals surface area contributed by atoms with E-state index in [0.717, 1.165) is 5.56 Å². The van der Waals surface area contributed by atoms with Gasteiger partial charge in [0.05, 0.1) is 18.3 Å². The van der Waals surface area contributed by atoms with E-state index in [0.29, 0.717) is 11.6 Å². The first-order valence-electron chi connectivity index (χ1n) is 7.19. The number of halogens is 1. The normalized spacial score (nSPS) is 10.6. The SMILES string of the molecule is O=C(Cn1cc(C(=O)O)cn1)Nc1ncn(Cc2cccc(Cl)c2)n1. The second-order valence-electron chi connectivity index (χ2n) is 5.18.